The van der Waals surface area contributed by atoms with Crippen molar-refractivity contribution in [1.29, 1.82) is 5.26 Å². The van der Waals surface area contributed by atoms with E-state index in [4.69, 9.17) is 5.26 Å². The first-order valence-corrected chi connectivity index (χ1v) is 5.26. The lowest BCUT2D eigenvalue weighted by atomic mass is 10.2. The smallest absolute Gasteiger partial charge is 0.150 e. The van der Waals surface area contributed by atoms with Crippen LogP contribution in [0.5, 0.6) is 0 Å². The van der Waals surface area contributed by atoms with Gasteiger partial charge in [0.2, 0.25) is 0 Å². The summed E-state index contributed by atoms with van der Waals surface area (Å²) in [6.07, 6.45) is 2.99. The van der Waals surface area contributed by atoms with Gasteiger partial charge in [0.15, 0.2) is 0 Å². The largest absolute Gasteiger partial charge is 0.354 e. The first kappa shape index (κ1) is 11.1. The lowest BCUT2D eigenvalue weighted by molar-refractivity contribution is 0.887. The molecule has 0 saturated heterocycles. The summed E-state index contributed by atoms with van der Waals surface area (Å²) in [5.41, 5.74) is 1.67. The first-order valence-electron chi connectivity index (χ1n) is 5.26. The highest BCUT2D eigenvalue weighted by Gasteiger charge is 2.08. The zero-order valence-electron chi connectivity index (χ0n) is 9.54. The molecule has 0 fully saturated rings. The van der Waals surface area contributed by atoms with Gasteiger partial charge >= 0.3 is 0 Å². The van der Waals surface area contributed by atoms with Crippen molar-refractivity contribution in [1.82, 2.24) is 9.97 Å². The van der Waals surface area contributed by atoms with Crippen LogP contribution in [-0.4, -0.2) is 17.0 Å². The fraction of sp³-hybridized carbons (Fsp3) is 0.154. The van der Waals surface area contributed by atoms with Gasteiger partial charge in [0.25, 0.3) is 0 Å². The number of rotatable bonds is 3. The number of anilines is 1. The molecule has 4 nitrogen and oxygen atoms in total. The molecule has 0 amide bonds. The Kier molecular flexibility index (Phi) is 3.31. The second-order valence-electron chi connectivity index (χ2n) is 3.71. The number of benzene rings is 1. The summed E-state index contributed by atoms with van der Waals surface area (Å²) in [5.74, 6) is 0.659. The van der Waals surface area contributed by atoms with E-state index in [1.54, 1.807) is 0 Å². The van der Waals surface area contributed by atoms with Crippen molar-refractivity contribution >= 4 is 5.82 Å². The minimum absolute atomic E-state index is 0.492. The summed E-state index contributed by atoms with van der Waals surface area (Å²) in [7, 11) is 1.91. The summed E-state index contributed by atoms with van der Waals surface area (Å²) in [4.78, 5) is 9.92. The number of aromatic nitrogens is 2. The molecule has 0 spiro atoms. The highest BCUT2D eigenvalue weighted by molar-refractivity contribution is 5.51. The van der Waals surface area contributed by atoms with Gasteiger partial charge in [-0.2, -0.15) is 5.26 Å². The van der Waals surface area contributed by atoms with E-state index >= 15 is 0 Å². The van der Waals surface area contributed by atoms with E-state index in [0.717, 1.165) is 0 Å². The lowest BCUT2D eigenvalue weighted by Crippen LogP contribution is -2.19. The zero-order chi connectivity index (χ0) is 12.1. The molecule has 0 saturated carbocycles. The van der Waals surface area contributed by atoms with Crippen LogP contribution in [0.15, 0.2) is 42.9 Å². The summed E-state index contributed by atoms with van der Waals surface area (Å²) in [6.45, 7) is 0.715. The molecular weight excluding hydrogens is 212 g/mol. The SMILES string of the molecule is CN(Cc1ccccc1)c1ncncc1C#N. The zero-order valence-corrected chi connectivity index (χ0v) is 9.54. The predicted molar refractivity (Wildman–Crippen MR) is 65.3 cm³/mol. The van der Waals surface area contributed by atoms with Gasteiger partial charge in [-0.05, 0) is 5.56 Å². The molecule has 0 aliphatic rings. The van der Waals surface area contributed by atoms with Gasteiger partial charge in [-0.25, -0.2) is 9.97 Å². The van der Waals surface area contributed by atoms with Gasteiger partial charge in [-0.3, -0.25) is 0 Å². The maximum absolute atomic E-state index is 8.98. The number of hydrogen-bond donors (Lipinski definition) is 0. The molecule has 84 valence electrons. The molecule has 0 unspecified atom stereocenters. The molecule has 1 aromatic heterocycles. The van der Waals surface area contributed by atoms with Crippen LogP contribution in [0.4, 0.5) is 5.82 Å². The minimum Gasteiger partial charge on any atom is -0.354 e. The van der Waals surface area contributed by atoms with Crippen molar-refractivity contribution in [3.05, 3.63) is 54.0 Å². The van der Waals surface area contributed by atoms with Crippen LogP contribution in [0.3, 0.4) is 0 Å². The van der Waals surface area contributed by atoms with Crippen molar-refractivity contribution in [3.63, 3.8) is 0 Å². The molecule has 0 aliphatic carbocycles. The number of nitriles is 1. The summed E-state index contributed by atoms with van der Waals surface area (Å²) < 4.78 is 0. The molecule has 0 N–H and O–H groups in total. The van der Waals surface area contributed by atoms with Crippen molar-refractivity contribution in [2.45, 2.75) is 6.54 Å². The van der Waals surface area contributed by atoms with Crippen LogP contribution < -0.4 is 4.90 Å². The van der Waals surface area contributed by atoms with Crippen molar-refractivity contribution in [2.75, 3.05) is 11.9 Å². The third-order valence-electron chi connectivity index (χ3n) is 2.44. The second kappa shape index (κ2) is 5.08. The Morgan fingerprint density at radius 2 is 2.06 bits per heavy atom. The third-order valence-corrected chi connectivity index (χ3v) is 2.44. The molecule has 1 aromatic carbocycles. The molecule has 2 rings (SSSR count). The van der Waals surface area contributed by atoms with E-state index in [-0.39, 0.29) is 0 Å². The standard InChI is InChI=1S/C13H12N4/c1-17(9-11-5-3-2-4-6-11)13-12(7-14)8-15-10-16-13/h2-6,8,10H,9H2,1H3. The average Bonchev–Trinajstić information content (AvgIpc) is 2.40. The van der Waals surface area contributed by atoms with Gasteiger partial charge in [-0.1, -0.05) is 30.3 Å². The van der Waals surface area contributed by atoms with Gasteiger partial charge in [0, 0.05) is 13.6 Å². The number of hydrogen-bond acceptors (Lipinski definition) is 4. The Hall–Kier alpha value is -2.41. The normalized spacial score (nSPS) is 9.65. The Morgan fingerprint density at radius 3 is 2.76 bits per heavy atom. The number of nitrogens with zero attached hydrogens (tertiary/aromatic N) is 4. The van der Waals surface area contributed by atoms with E-state index in [1.165, 1.54) is 18.1 Å². The fourth-order valence-electron chi connectivity index (χ4n) is 1.64. The predicted octanol–water partition coefficient (Wildman–Crippen LogP) is 1.98. The third kappa shape index (κ3) is 2.58. The fourth-order valence-corrected chi connectivity index (χ4v) is 1.64. The quantitative estimate of drug-likeness (QED) is 0.800. The van der Waals surface area contributed by atoms with E-state index in [2.05, 4.69) is 16.0 Å². The molecule has 0 bridgehead atoms. The topological polar surface area (TPSA) is 52.8 Å². The minimum atomic E-state index is 0.492. The molecule has 2 aromatic rings. The Morgan fingerprint density at radius 1 is 1.29 bits per heavy atom. The Balaban J connectivity index is 2.21. The average molecular weight is 224 g/mol. The van der Waals surface area contributed by atoms with Crippen molar-refractivity contribution in [2.24, 2.45) is 0 Å². The molecule has 0 atom stereocenters. The first-order chi connectivity index (χ1) is 8.31. The molecule has 0 radical (unpaired) electrons. The highest BCUT2D eigenvalue weighted by atomic mass is 15.2. The maximum atomic E-state index is 8.98. The van der Waals surface area contributed by atoms with E-state index in [0.29, 0.717) is 17.9 Å². The van der Waals surface area contributed by atoms with Crippen LogP contribution in [0.25, 0.3) is 0 Å². The van der Waals surface area contributed by atoms with Crippen LogP contribution in [0.2, 0.25) is 0 Å². The Bertz CT molecular complexity index is 531. The maximum Gasteiger partial charge on any atom is 0.150 e. The van der Waals surface area contributed by atoms with Crippen LogP contribution in [-0.2, 0) is 6.54 Å². The molecule has 17 heavy (non-hydrogen) atoms. The molecule has 1 heterocycles. The van der Waals surface area contributed by atoms with Crippen LogP contribution in [0.1, 0.15) is 11.1 Å². The summed E-state index contributed by atoms with van der Waals surface area (Å²) in [6, 6.07) is 12.2. The summed E-state index contributed by atoms with van der Waals surface area (Å²) in [5, 5.41) is 8.98. The highest BCUT2D eigenvalue weighted by Crippen LogP contribution is 2.15. The molecular formula is C13H12N4. The van der Waals surface area contributed by atoms with Crippen molar-refractivity contribution < 1.29 is 0 Å². The monoisotopic (exact) mass is 224 g/mol. The van der Waals surface area contributed by atoms with Gasteiger partial charge in [0.1, 0.15) is 23.8 Å². The van der Waals surface area contributed by atoms with E-state index in [1.807, 2.05) is 42.3 Å². The Labute approximate surface area is 100 Å². The van der Waals surface area contributed by atoms with Crippen LogP contribution >= 0.6 is 0 Å². The molecule has 4 heteroatoms. The van der Waals surface area contributed by atoms with E-state index in [9.17, 15) is 0 Å². The van der Waals surface area contributed by atoms with Gasteiger partial charge < -0.3 is 4.90 Å². The molecule has 0 aliphatic heterocycles. The lowest BCUT2D eigenvalue weighted by Gasteiger charge is -2.18. The second-order valence-corrected chi connectivity index (χ2v) is 3.71. The van der Waals surface area contributed by atoms with Crippen molar-refractivity contribution in [3.8, 4) is 6.07 Å². The van der Waals surface area contributed by atoms with E-state index < -0.39 is 0 Å². The van der Waals surface area contributed by atoms with Crippen LogP contribution in [0, 0.1) is 11.3 Å². The van der Waals surface area contributed by atoms with Gasteiger partial charge in [0.05, 0.1) is 6.20 Å². The van der Waals surface area contributed by atoms with Gasteiger partial charge in [-0.15, -0.1) is 0 Å². The summed E-state index contributed by atoms with van der Waals surface area (Å²) >= 11 is 0.